The molecule has 0 bridgehead atoms. The van der Waals surface area contributed by atoms with Crippen LogP contribution in [0.15, 0.2) is 10.4 Å². The fourth-order valence-corrected chi connectivity index (χ4v) is 3.77. The van der Waals surface area contributed by atoms with Gasteiger partial charge < -0.3 is 10.6 Å². The smallest absolute Gasteiger partial charge is 0.271 e. The fraction of sp³-hybridized carbons (Fsp3) is 0.500. The van der Waals surface area contributed by atoms with Crippen LogP contribution in [0.25, 0.3) is 0 Å². The van der Waals surface area contributed by atoms with Crippen LogP contribution in [0.5, 0.6) is 0 Å². The molecule has 0 radical (unpaired) electrons. The zero-order valence-electron chi connectivity index (χ0n) is 12.0. The second kappa shape index (κ2) is 7.91. The highest BCUT2D eigenvalue weighted by molar-refractivity contribution is 8.01. The van der Waals surface area contributed by atoms with Gasteiger partial charge in [-0.3, -0.25) is 9.48 Å². The molecule has 1 aliphatic heterocycles. The average molecular weight is 361 g/mol. The largest absolute Gasteiger partial charge is 0.350 e. The Hall–Kier alpha value is -1.16. The Morgan fingerprint density at radius 2 is 2.41 bits per heavy atom. The van der Waals surface area contributed by atoms with Crippen LogP contribution in [0.1, 0.15) is 21.2 Å². The first-order valence-corrected chi connectivity index (χ1v) is 8.51. The second-order valence-corrected chi connectivity index (χ2v) is 7.14. The number of nitrogens with one attached hydrogen (secondary N) is 2. The summed E-state index contributed by atoms with van der Waals surface area (Å²) >= 11 is 3.17. The van der Waals surface area contributed by atoms with Crippen LogP contribution in [-0.4, -0.2) is 44.7 Å². The molecule has 0 spiro atoms. The van der Waals surface area contributed by atoms with E-state index in [0.717, 1.165) is 40.4 Å². The minimum absolute atomic E-state index is 0. The maximum absolute atomic E-state index is 12.0. The van der Waals surface area contributed by atoms with Gasteiger partial charge in [0, 0.05) is 25.4 Å². The predicted octanol–water partition coefficient (Wildman–Crippen LogP) is 1.09. The topological polar surface area (TPSA) is 84.7 Å². The van der Waals surface area contributed by atoms with Gasteiger partial charge in [0.1, 0.15) is 10.7 Å². The van der Waals surface area contributed by atoms with Gasteiger partial charge >= 0.3 is 0 Å². The SMILES string of the molecule is Cc1nnc(SCCNC(=O)c2cc3n(n2)CCNC3)s1.Cl. The monoisotopic (exact) mass is 360 g/mol. The van der Waals surface area contributed by atoms with E-state index in [2.05, 4.69) is 25.9 Å². The van der Waals surface area contributed by atoms with E-state index in [1.807, 2.05) is 17.7 Å². The lowest BCUT2D eigenvalue weighted by atomic mass is 10.3. The van der Waals surface area contributed by atoms with Crippen molar-refractivity contribution in [3.8, 4) is 0 Å². The fourth-order valence-electron chi connectivity index (χ4n) is 2.03. The number of rotatable bonds is 5. The highest BCUT2D eigenvalue weighted by Gasteiger charge is 2.16. The van der Waals surface area contributed by atoms with Gasteiger partial charge in [0.2, 0.25) is 0 Å². The molecule has 10 heteroatoms. The van der Waals surface area contributed by atoms with Gasteiger partial charge in [0.25, 0.3) is 5.91 Å². The van der Waals surface area contributed by atoms with Crippen LogP contribution in [0.4, 0.5) is 0 Å². The molecule has 7 nitrogen and oxygen atoms in total. The summed E-state index contributed by atoms with van der Waals surface area (Å²) in [5.41, 5.74) is 1.55. The molecule has 2 aromatic heterocycles. The van der Waals surface area contributed by atoms with E-state index in [9.17, 15) is 4.79 Å². The first kappa shape index (κ1) is 17.2. The van der Waals surface area contributed by atoms with Crippen LogP contribution in [-0.2, 0) is 13.1 Å². The third-order valence-electron chi connectivity index (χ3n) is 3.02. The van der Waals surface area contributed by atoms with E-state index in [4.69, 9.17) is 0 Å². The van der Waals surface area contributed by atoms with E-state index in [1.54, 1.807) is 23.1 Å². The summed E-state index contributed by atoms with van der Waals surface area (Å²) in [7, 11) is 0. The van der Waals surface area contributed by atoms with Crippen molar-refractivity contribution < 1.29 is 4.79 Å². The van der Waals surface area contributed by atoms with Gasteiger partial charge in [-0.1, -0.05) is 23.1 Å². The summed E-state index contributed by atoms with van der Waals surface area (Å²) < 4.78 is 2.83. The minimum atomic E-state index is -0.119. The molecule has 0 saturated heterocycles. The van der Waals surface area contributed by atoms with E-state index in [1.165, 1.54) is 0 Å². The molecule has 3 rings (SSSR count). The molecule has 2 N–H and O–H groups in total. The van der Waals surface area contributed by atoms with Crippen LogP contribution >= 0.6 is 35.5 Å². The van der Waals surface area contributed by atoms with E-state index in [0.29, 0.717) is 12.2 Å². The van der Waals surface area contributed by atoms with Crippen LogP contribution in [0.2, 0.25) is 0 Å². The van der Waals surface area contributed by atoms with Crippen LogP contribution in [0, 0.1) is 6.92 Å². The number of halogens is 1. The summed E-state index contributed by atoms with van der Waals surface area (Å²) in [6.07, 6.45) is 0. The van der Waals surface area contributed by atoms with Crippen LogP contribution in [0.3, 0.4) is 0 Å². The van der Waals surface area contributed by atoms with E-state index < -0.39 is 0 Å². The van der Waals surface area contributed by atoms with Gasteiger partial charge in [-0.15, -0.1) is 22.6 Å². The van der Waals surface area contributed by atoms with Crippen LogP contribution < -0.4 is 10.6 Å². The molecule has 0 saturated carbocycles. The van der Waals surface area contributed by atoms with Crippen molar-refractivity contribution in [2.24, 2.45) is 0 Å². The number of carbonyl (C=O) groups excluding carboxylic acids is 1. The number of fused-ring (bicyclic) bond motifs is 1. The van der Waals surface area contributed by atoms with Crippen molar-refractivity contribution in [2.45, 2.75) is 24.4 Å². The maximum Gasteiger partial charge on any atom is 0.271 e. The van der Waals surface area contributed by atoms with Crippen molar-refractivity contribution in [1.29, 1.82) is 0 Å². The maximum atomic E-state index is 12.0. The van der Waals surface area contributed by atoms with E-state index >= 15 is 0 Å². The molecule has 0 unspecified atom stereocenters. The Kier molecular flexibility index (Phi) is 6.18. The summed E-state index contributed by atoms with van der Waals surface area (Å²) in [5.74, 6) is 0.654. The molecule has 0 fully saturated rings. The summed E-state index contributed by atoms with van der Waals surface area (Å²) in [6, 6.07) is 1.85. The Balaban J connectivity index is 0.00000176. The number of nitrogens with zero attached hydrogens (tertiary/aromatic N) is 4. The van der Waals surface area contributed by atoms with Gasteiger partial charge in [0.15, 0.2) is 4.34 Å². The number of aromatic nitrogens is 4. The molecule has 3 heterocycles. The number of aryl methyl sites for hydroxylation is 1. The summed E-state index contributed by atoms with van der Waals surface area (Å²) in [6.45, 7) is 5.00. The summed E-state index contributed by atoms with van der Waals surface area (Å²) in [5, 5.41) is 19.4. The van der Waals surface area contributed by atoms with Crippen molar-refractivity contribution in [3.63, 3.8) is 0 Å². The number of carbonyl (C=O) groups is 1. The number of hydrogen-bond donors (Lipinski definition) is 2. The van der Waals surface area contributed by atoms with Crippen molar-refractivity contribution in [2.75, 3.05) is 18.8 Å². The highest BCUT2D eigenvalue weighted by Crippen LogP contribution is 2.20. The average Bonchev–Trinajstić information content (AvgIpc) is 3.09. The molecule has 120 valence electrons. The molecule has 0 atom stereocenters. The lowest BCUT2D eigenvalue weighted by molar-refractivity contribution is 0.0950. The molecule has 22 heavy (non-hydrogen) atoms. The third-order valence-corrected chi connectivity index (χ3v) is 5.00. The van der Waals surface area contributed by atoms with Gasteiger partial charge in [-0.2, -0.15) is 5.10 Å². The van der Waals surface area contributed by atoms with Gasteiger partial charge in [0.05, 0.1) is 12.2 Å². The normalized spacial score (nSPS) is 13.3. The molecule has 1 amide bonds. The highest BCUT2D eigenvalue weighted by atomic mass is 35.5. The number of amides is 1. The predicted molar refractivity (Wildman–Crippen MR) is 88.9 cm³/mol. The standard InChI is InChI=1S/C12H16N6OS2.ClH/c1-8-15-16-12(21-8)20-5-3-14-11(19)10-6-9-7-13-2-4-18(9)17-10;/h6,13H,2-5,7H2,1H3,(H,14,19);1H. The second-order valence-electron chi connectivity index (χ2n) is 4.61. The zero-order chi connectivity index (χ0) is 14.7. The van der Waals surface area contributed by atoms with Crippen molar-refractivity contribution in [3.05, 3.63) is 22.5 Å². The Bertz CT molecular complexity index is 620. The van der Waals surface area contributed by atoms with E-state index in [-0.39, 0.29) is 18.3 Å². The molecular formula is C12H17ClN6OS2. The minimum Gasteiger partial charge on any atom is -0.350 e. The van der Waals surface area contributed by atoms with Gasteiger partial charge in [-0.25, -0.2) is 0 Å². The zero-order valence-corrected chi connectivity index (χ0v) is 14.5. The van der Waals surface area contributed by atoms with Gasteiger partial charge in [-0.05, 0) is 13.0 Å². The third kappa shape index (κ3) is 4.19. The van der Waals surface area contributed by atoms with Crippen molar-refractivity contribution >= 4 is 41.4 Å². The first-order valence-electron chi connectivity index (χ1n) is 6.71. The Morgan fingerprint density at radius 3 is 3.14 bits per heavy atom. The molecule has 2 aromatic rings. The molecule has 1 aliphatic rings. The van der Waals surface area contributed by atoms with Crippen molar-refractivity contribution in [1.82, 2.24) is 30.6 Å². The number of thioether (sulfide) groups is 1. The quantitative estimate of drug-likeness (QED) is 0.613. The summed E-state index contributed by atoms with van der Waals surface area (Å²) in [4.78, 5) is 12.0. The Labute approximate surface area is 142 Å². The lowest BCUT2D eigenvalue weighted by Crippen LogP contribution is -2.28. The molecule has 0 aliphatic carbocycles. The first-order chi connectivity index (χ1) is 10.2. The Morgan fingerprint density at radius 1 is 1.55 bits per heavy atom. The molecular weight excluding hydrogens is 344 g/mol. The lowest BCUT2D eigenvalue weighted by Gasteiger charge is -2.13. The molecule has 0 aromatic carbocycles. The number of hydrogen-bond acceptors (Lipinski definition) is 7.